The second-order valence-electron chi connectivity index (χ2n) is 5.04. The van der Waals surface area contributed by atoms with E-state index in [0.29, 0.717) is 4.47 Å². The molecule has 0 aromatic heterocycles. The monoisotopic (exact) mass is 425 g/mol. The second-order valence-corrected chi connectivity index (χ2v) is 8.54. The molecule has 7 heteroatoms. The number of aliphatic hydroxyl groups is 1. The Morgan fingerprint density at radius 2 is 1.95 bits per heavy atom. The van der Waals surface area contributed by atoms with Crippen molar-refractivity contribution in [3.05, 3.63) is 27.1 Å². The molecule has 1 aromatic rings. The van der Waals surface area contributed by atoms with Crippen molar-refractivity contribution in [2.45, 2.75) is 36.7 Å². The molecule has 1 aliphatic rings. The standard InChI is InChI=1S/C13H17Br2NO3S/c14-10-5-6-13(11(15)7-10)20(18,19)16-8-9-3-1-2-4-12(9)17/h5-7,9,12,16-17H,1-4,8H2. The second kappa shape index (κ2) is 6.87. The van der Waals surface area contributed by atoms with Crippen molar-refractivity contribution in [3.8, 4) is 0 Å². The molecule has 1 fully saturated rings. The molecular weight excluding hydrogens is 410 g/mol. The van der Waals surface area contributed by atoms with Gasteiger partial charge in [-0.3, -0.25) is 0 Å². The van der Waals surface area contributed by atoms with Gasteiger partial charge < -0.3 is 5.11 Å². The summed E-state index contributed by atoms with van der Waals surface area (Å²) >= 11 is 6.56. The molecular formula is C13H17Br2NO3S. The van der Waals surface area contributed by atoms with Crippen LogP contribution in [-0.2, 0) is 10.0 Å². The number of aliphatic hydroxyl groups excluding tert-OH is 1. The summed E-state index contributed by atoms with van der Waals surface area (Å²) in [5.74, 6) is 0.00717. The first-order valence-electron chi connectivity index (χ1n) is 6.53. The Bertz CT molecular complexity index is 577. The molecule has 0 bridgehead atoms. The minimum atomic E-state index is -3.56. The highest BCUT2D eigenvalue weighted by Gasteiger charge is 2.25. The van der Waals surface area contributed by atoms with Gasteiger partial charge in [0.1, 0.15) is 0 Å². The van der Waals surface area contributed by atoms with Gasteiger partial charge in [-0.2, -0.15) is 0 Å². The molecule has 20 heavy (non-hydrogen) atoms. The van der Waals surface area contributed by atoms with Crippen molar-refractivity contribution in [1.82, 2.24) is 4.72 Å². The average Bonchev–Trinajstić information content (AvgIpc) is 2.37. The first kappa shape index (κ1) is 16.4. The Labute approximate surface area is 136 Å². The third-order valence-electron chi connectivity index (χ3n) is 3.59. The van der Waals surface area contributed by atoms with Gasteiger partial charge in [0.15, 0.2) is 0 Å². The Balaban J connectivity index is 2.07. The molecule has 2 N–H and O–H groups in total. The largest absolute Gasteiger partial charge is 0.393 e. The van der Waals surface area contributed by atoms with Gasteiger partial charge in [-0.05, 0) is 52.9 Å². The minimum absolute atomic E-state index is 0.00717. The maximum atomic E-state index is 12.3. The molecule has 0 heterocycles. The van der Waals surface area contributed by atoms with E-state index in [1.54, 1.807) is 18.2 Å². The van der Waals surface area contributed by atoms with Crippen LogP contribution in [0.15, 0.2) is 32.0 Å². The van der Waals surface area contributed by atoms with Crippen LogP contribution in [0.1, 0.15) is 25.7 Å². The number of nitrogens with one attached hydrogen (secondary N) is 1. The lowest BCUT2D eigenvalue weighted by atomic mass is 9.87. The number of hydrogen-bond donors (Lipinski definition) is 2. The summed E-state index contributed by atoms with van der Waals surface area (Å²) in [6, 6.07) is 4.94. The lowest BCUT2D eigenvalue weighted by molar-refractivity contribution is 0.0724. The van der Waals surface area contributed by atoms with E-state index in [2.05, 4.69) is 36.6 Å². The highest BCUT2D eigenvalue weighted by molar-refractivity contribution is 9.11. The van der Waals surface area contributed by atoms with Crippen LogP contribution in [0.2, 0.25) is 0 Å². The summed E-state index contributed by atoms with van der Waals surface area (Å²) in [7, 11) is -3.56. The predicted octanol–water partition coefficient (Wildman–Crippen LogP) is 3.04. The summed E-state index contributed by atoms with van der Waals surface area (Å²) in [4.78, 5) is 0.214. The molecule has 2 unspecified atom stereocenters. The van der Waals surface area contributed by atoms with E-state index in [-0.39, 0.29) is 17.4 Å². The maximum Gasteiger partial charge on any atom is 0.241 e. The van der Waals surface area contributed by atoms with E-state index in [9.17, 15) is 13.5 Å². The highest BCUT2D eigenvalue weighted by atomic mass is 79.9. The summed E-state index contributed by atoms with van der Waals surface area (Å²) in [6.07, 6.45) is 3.29. The molecule has 2 rings (SSSR count). The van der Waals surface area contributed by atoms with Crippen LogP contribution in [0.3, 0.4) is 0 Å². The van der Waals surface area contributed by atoms with Gasteiger partial charge in [0.2, 0.25) is 10.0 Å². The molecule has 4 nitrogen and oxygen atoms in total. The van der Waals surface area contributed by atoms with Gasteiger partial charge in [-0.15, -0.1) is 0 Å². The Morgan fingerprint density at radius 1 is 1.25 bits per heavy atom. The SMILES string of the molecule is O=S(=O)(NCC1CCCCC1O)c1ccc(Br)cc1Br. The van der Waals surface area contributed by atoms with Crippen molar-refractivity contribution in [2.24, 2.45) is 5.92 Å². The Hall–Kier alpha value is 0.0500. The lowest BCUT2D eigenvalue weighted by Gasteiger charge is -2.27. The lowest BCUT2D eigenvalue weighted by Crippen LogP contribution is -2.36. The molecule has 1 aromatic carbocycles. The molecule has 0 aliphatic heterocycles. The van der Waals surface area contributed by atoms with Gasteiger partial charge in [0.05, 0.1) is 11.0 Å². The van der Waals surface area contributed by atoms with E-state index in [4.69, 9.17) is 0 Å². The maximum absolute atomic E-state index is 12.3. The quantitative estimate of drug-likeness (QED) is 0.777. The molecule has 2 atom stereocenters. The van der Waals surface area contributed by atoms with Crippen LogP contribution in [-0.4, -0.2) is 26.2 Å². The van der Waals surface area contributed by atoms with E-state index in [1.807, 2.05) is 0 Å². The third kappa shape index (κ3) is 4.04. The van der Waals surface area contributed by atoms with E-state index in [0.717, 1.165) is 30.2 Å². The average molecular weight is 427 g/mol. The Morgan fingerprint density at radius 3 is 2.60 bits per heavy atom. The molecule has 0 radical (unpaired) electrons. The van der Waals surface area contributed by atoms with Crippen LogP contribution in [0, 0.1) is 5.92 Å². The molecule has 0 amide bonds. The van der Waals surface area contributed by atoms with E-state index in [1.165, 1.54) is 0 Å². The van der Waals surface area contributed by atoms with Crippen LogP contribution in [0.5, 0.6) is 0 Å². The summed E-state index contributed by atoms with van der Waals surface area (Å²) in [5.41, 5.74) is 0. The van der Waals surface area contributed by atoms with Gasteiger partial charge in [0.25, 0.3) is 0 Å². The topological polar surface area (TPSA) is 66.4 Å². The van der Waals surface area contributed by atoms with Crippen LogP contribution in [0.25, 0.3) is 0 Å². The first-order valence-corrected chi connectivity index (χ1v) is 9.60. The van der Waals surface area contributed by atoms with Crippen molar-refractivity contribution in [1.29, 1.82) is 0 Å². The van der Waals surface area contributed by atoms with Gasteiger partial charge >= 0.3 is 0 Å². The summed E-state index contributed by atoms with van der Waals surface area (Å²) in [6.45, 7) is 0.284. The number of rotatable bonds is 4. The molecule has 0 spiro atoms. The molecule has 1 aliphatic carbocycles. The van der Waals surface area contributed by atoms with Crippen molar-refractivity contribution in [3.63, 3.8) is 0 Å². The van der Waals surface area contributed by atoms with Gasteiger partial charge in [-0.1, -0.05) is 28.8 Å². The van der Waals surface area contributed by atoms with Crippen LogP contribution >= 0.6 is 31.9 Å². The van der Waals surface area contributed by atoms with Crippen LogP contribution in [0.4, 0.5) is 0 Å². The third-order valence-corrected chi connectivity index (χ3v) is 6.48. The van der Waals surface area contributed by atoms with Gasteiger partial charge in [-0.25, -0.2) is 13.1 Å². The number of sulfonamides is 1. The zero-order chi connectivity index (χ0) is 14.8. The van der Waals surface area contributed by atoms with Crippen molar-refractivity contribution in [2.75, 3.05) is 6.54 Å². The fraction of sp³-hybridized carbons (Fsp3) is 0.538. The predicted molar refractivity (Wildman–Crippen MR) is 85.0 cm³/mol. The fourth-order valence-corrected chi connectivity index (χ4v) is 5.25. The van der Waals surface area contributed by atoms with Crippen LogP contribution < -0.4 is 4.72 Å². The summed E-state index contributed by atoms with van der Waals surface area (Å²) in [5, 5.41) is 9.88. The first-order chi connectivity index (χ1) is 9.40. The highest BCUT2D eigenvalue weighted by Crippen LogP contribution is 2.27. The Kier molecular flexibility index (Phi) is 5.64. The summed E-state index contributed by atoms with van der Waals surface area (Å²) < 4.78 is 28.5. The zero-order valence-corrected chi connectivity index (χ0v) is 14.8. The van der Waals surface area contributed by atoms with Crippen molar-refractivity contribution < 1.29 is 13.5 Å². The number of benzene rings is 1. The zero-order valence-electron chi connectivity index (χ0n) is 10.9. The minimum Gasteiger partial charge on any atom is -0.393 e. The smallest absolute Gasteiger partial charge is 0.241 e. The normalized spacial score (nSPS) is 23.8. The molecule has 0 saturated heterocycles. The van der Waals surface area contributed by atoms with E-state index >= 15 is 0 Å². The number of hydrogen-bond acceptors (Lipinski definition) is 3. The van der Waals surface area contributed by atoms with Crippen molar-refractivity contribution >= 4 is 41.9 Å². The fourth-order valence-electron chi connectivity index (χ4n) is 2.41. The molecule has 112 valence electrons. The van der Waals surface area contributed by atoms with Gasteiger partial charge in [0, 0.05) is 15.5 Å². The molecule has 1 saturated carbocycles. The van der Waals surface area contributed by atoms with E-state index < -0.39 is 16.1 Å². The number of halogens is 2.